The van der Waals surface area contributed by atoms with Crippen molar-refractivity contribution in [3.05, 3.63) is 100 Å². The molecule has 0 radical (unpaired) electrons. The number of thioether (sulfide) groups is 1. The molecule has 0 N–H and O–H groups in total. The highest BCUT2D eigenvalue weighted by molar-refractivity contribution is 7.98. The first-order valence-corrected chi connectivity index (χ1v) is 18.6. The van der Waals surface area contributed by atoms with Crippen molar-refractivity contribution in [3.63, 3.8) is 0 Å². The lowest BCUT2D eigenvalue weighted by atomic mass is 9.81. The number of rotatable bonds is 13. The van der Waals surface area contributed by atoms with E-state index < -0.39 is 44.8 Å². The van der Waals surface area contributed by atoms with E-state index in [1.54, 1.807) is 24.4 Å². The van der Waals surface area contributed by atoms with Crippen LogP contribution in [0, 0.1) is 17.5 Å². The van der Waals surface area contributed by atoms with Gasteiger partial charge in [0.05, 0.1) is 62.4 Å². The lowest BCUT2D eigenvalue weighted by Gasteiger charge is -2.28. The van der Waals surface area contributed by atoms with E-state index in [0.29, 0.717) is 38.9 Å². The Morgan fingerprint density at radius 2 is 1.56 bits per heavy atom. The van der Waals surface area contributed by atoms with E-state index >= 15 is 8.78 Å². The fourth-order valence-electron chi connectivity index (χ4n) is 4.94. The molecule has 0 atom stereocenters. The fraction of sp³-hybridized carbons (Fsp3) is 0.371. The summed E-state index contributed by atoms with van der Waals surface area (Å²) in [5, 5.41) is 9.66. The number of alkyl halides is 3. The van der Waals surface area contributed by atoms with Crippen molar-refractivity contribution >= 4 is 39.2 Å². The first kappa shape index (κ1) is 42.7. The van der Waals surface area contributed by atoms with E-state index in [1.165, 1.54) is 19.2 Å². The second kappa shape index (κ2) is 16.9. The van der Waals surface area contributed by atoms with Gasteiger partial charge >= 0.3 is 6.18 Å². The molecule has 0 aliphatic heterocycles. The number of hydrogen-bond acceptors (Lipinski definition) is 7. The first-order chi connectivity index (χ1) is 24.0. The number of aromatic nitrogens is 2. The van der Waals surface area contributed by atoms with Crippen molar-refractivity contribution < 1.29 is 53.9 Å². The Morgan fingerprint density at radius 3 is 2.08 bits per heavy atom. The summed E-state index contributed by atoms with van der Waals surface area (Å²) in [4.78, 5) is 13.0. The van der Waals surface area contributed by atoms with Crippen molar-refractivity contribution in [1.29, 1.82) is 0 Å². The van der Waals surface area contributed by atoms with Crippen LogP contribution in [-0.2, 0) is 25.8 Å². The molecule has 8 nitrogen and oxygen atoms in total. The Balaban J connectivity index is 0.000000944. The standard InChI is InChI=1S/C33H38ClF3N3O3S2.C2HF3O2/c1-33(2,22-9-14-27(34)30(17-22)43-6)31-20-38-32(39(31)24-12-10-23(35)11-13-24)44-21-26-28(36)18-25(19-29(26)37)45(41,42)16-8-7-15-40(3,4)5;3-2(4,5)1(6)7/h9-14,17-20H,7-8,15-16,21H2,1-6H3;(H,6,7)/q+1;/p-1. The maximum Gasteiger partial charge on any atom is 0.430 e. The van der Waals surface area contributed by atoms with Crippen LogP contribution in [0.15, 0.2) is 70.8 Å². The molecule has 3 aromatic carbocycles. The molecule has 1 aromatic heterocycles. The molecular formula is C35H38ClF6N3O5S2. The highest BCUT2D eigenvalue weighted by Gasteiger charge is 2.31. The zero-order valence-electron chi connectivity index (χ0n) is 29.2. The molecule has 52 heavy (non-hydrogen) atoms. The highest BCUT2D eigenvalue weighted by atomic mass is 35.5. The van der Waals surface area contributed by atoms with Gasteiger partial charge in [-0.25, -0.2) is 26.6 Å². The number of carbonyl (C=O) groups is 1. The largest absolute Gasteiger partial charge is 0.542 e. The van der Waals surface area contributed by atoms with Crippen LogP contribution in [0.25, 0.3) is 5.69 Å². The Morgan fingerprint density at radius 1 is 0.981 bits per heavy atom. The summed E-state index contributed by atoms with van der Waals surface area (Å²) < 4.78 is 110. The SMILES string of the molecule is COc1cc(C(C)(C)c2cnc(SCc3c(F)cc(S(=O)(=O)CCCC[N+](C)(C)C)cc3F)n2-c2ccc(F)cc2)ccc1Cl.O=C([O-])C(F)(F)F. The monoisotopic (exact) mass is 793 g/mol. The summed E-state index contributed by atoms with van der Waals surface area (Å²) in [6.07, 6.45) is -2.45. The minimum Gasteiger partial charge on any atom is -0.542 e. The minimum absolute atomic E-state index is 0.158. The first-order valence-electron chi connectivity index (χ1n) is 15.6. The Labute approximate surface area is 307 Å². The number of hydrogen-bond donors (Lipinski definition) is 0. The van der Waals surface area contributed by atoms with Gasteiger partial charge in [-0.15, -0.1) is 0 Å². The van der Waals surface area contributed by atoms with Crippen LogP contribution in [0.1, 0.15) is 43.5 Å². The Bertz CT molecular complexity index is 1960. The quantitative estimate of drug-likeness (QED) is 0.0615. The number of nitrogens with zero attached hydrogens (tertiary/aromatic N) is 3. The molecule has 0 unspecified atom stereocenters. The van der Waals surface area contributed by atoms with E-state index in [2.05, 4.69) is 4.98 Å². The molecule has 0 aliphatic carbocycles. The van der Waals surface area contributed by atoms with Gasteiger partial charge < -0.3 is 19.1 Å². The van der Waals surface area contributed by atoms with Crippen molar-refractivity contribution in [2.45, 2.75) is 54.1 Å². The number of imidazole rings is 1. The number of unbranched alkanes of at least 4 members (excludes halogenated alkanes) is 1. The zero-order valence-corrected chi connectivity index (χ0v) is 31.5. The number of halogens is 7. The predicted molar refractivity (Wildman–Crippen MR) is 185 cm³/mol. The second-order valence-corrected chi connectivity index (χ2v) is 16.7. The van der Waals surface area contributed by atoms with Crippen molar-refractivity contribution in [2.75, 3.05) is 40.6 Å². The van der Waals surface area contributed by atoms with Gasteiger partial charge in [-0.05, 0) is 66.9 Å². The van der Waals surface area contributed by atoms with Gasteiger partial charge in [0, 0.05) is 22.4 Å². The molecule has 0 spiro atoms. The highest BCUT2D eigenvalue weighted by Crippen LogP contribution is 2.39. The molecule has 4 aromatic rings. The van der Waals surface area contributed by atoms with Crippen LogP contribution < -0.4 is 9.84 Å². The molecule has 0 saturated heterocycles. The van der Waals surface area contributed by atoms with Gasteiger partial charge in [0.15, 0.2) is 15.0 Å². The number of aliphatic carboxylic acids is 1. The number of benzene rings is 3. The van der Waals surface area contributed by atoms with Crippen LogP contribution >= 0.6 is 23.4 Å². The third-order valence-electron chi connectivity index (χ3n) is 7.87. The van der Waals surface area contributed by atoms with Crippen molar-refractivity contribution in [3.8, 4) is 11.4 Å². The van der Waals surface area contributed by atoms with Crippen LogP contribution in [-0.4, -0.2) is 75.1 Å². The van der Waals surface area contributed by atoms with Gasteiger partial charge in [-0.1, -0.05) is 43.3 Å². The van der Waals surface area contributed by atoms with E-state index in [0.717, 1.165) is 41.7 Å². The third kappa shape index (κ3) is 11.1. The van der Waals surface area contributed by atoms with Crippen LogP contribution in [0.5, 0.6) is 5.75 Å². The number of sulfone groups is 1. The molecular weight excluding hydrogens is 756 g/mol. The fourth-order valence-corrected chi connectivity index (χ4v) is 7.53. The molecule has 284 valence electrons. The summed E-state index contributed by atoms with van der Waals surface area (Å²) in [5.74, 6) is -5.15. The molecule has 0 aliphatic rings. The Hall–Kier alpha value is -3.73. The summed E-state index contributed by atoms with van der Waals surface area (Å²) >= 11 is 7.35. The van der Waals surface area contributed by atoms with Crippen LogP contribution in [0.2, 0.25) is 5.02 Å². The van der Waals surface area contributed by atoms with Gasteiger partial charge in [0.25, 0.3) is 0 Å². The van der Waals surface area contributed by atoms with E-state index in [4.69, 9.17) is 26.2 Å². The average Bonchev–Trinajstić information content (AvgIpc) is 3.47. The number of carboxylic acid groups (broad SMARTS) is 1. The third-order valence-corrected chi connectivity index (χ3v) is 10.9. The van der Waals surface area contributed by atoms with Gasteiger partial charge in [-0.2, -0.15) is 13.2 Å². The van der Waals surface area contributed by atoms with Crippen molar-refractivity contribution in [1.82, 2.24) is 9.55 Å². The molecule has 0 amide bonds. The van der Waals surface area contributed by atoms with Gasteiger partial charge in [0.1, 0.15) is 29.2 Å². The topological polar surface area (TPSA) is 101 Å². The number of methoxy groups -OCH3 is 1. The number of carbonyl (C=O) groups excluding carboxylic acids is 1. The summed E-state index contributed by atoms with van der Waals surface area (Å²) in [6, 6.07) is 13.1. The van der Waals surface area contributed by atoms with Crippen LogP contribution in [0.3, 0.4) is 0 Å². The molecule has 0 fully saturated rings. The predicted octanol–water partition coefficient (Wildman–Crippen LogP) is 7.13. The maximum absolute atomic E-state index is 15.3. The molecule has 4 rings (SSSR count). The maximum atomic E-state index is 15.3. The number of quaternary nitrogens is 1. The van der Waals surface area contributed by atoms with Gasteiger partial charge in [-0.3, -0.25) is 4.57 Å². The summed E-state index contributed by atoms with van der Waals surface area (Å²) in [5.41, 5.74) is 1.29. The Kier molecular flexibility index (Phi) is 13.9. The van der Waals surface area contributed by atoms with E-state index in [1.807, 2.05) is 51.7 Å². The number of carboxylic acids is 1. The van der Waals surface area contributed by atoms with E-state index in [-0.39, 0.29) is 22.0 Å². The van der Waals surface area contributed by atoms with Gasteiger partial charge in [0.2, 0.25) is 0 Å². The summed E-state index contributed by atoms with van der Waals surface area (Å²) in [7, 11) is 3.72. The van der Waals surface area contributed by atoms with Crippen molar-refractivity contribution in [2.24, 2.45) is 0 Å². The molecule has 0 bridgehead atoms. The lowest BCUT2D eigenvalue weighted by molar-refractivity contribution is -0.870. The van der Waals surface area contributed by atoms with Crippen LogP contribution in [0.4, 0.5) is 26.3 Å². The minimum atomic E-state index is -5.19. The number of ether oxygens (including phenoxy) is 1. The zero-order chi connectivity index (χ0) is 39.2. The normalized spacial score (nSPS) is 12.3. The average molecular weight is 794 g/mol. The molecule has 1 heterocycles. The summed E-state index contributed by atoms with van der Waals surface area (Å²) in [6.45, 7) is 4.76. The molecule has 0 saturated carbocycles. The lowest BCUT2D eigenvalue weighted by Crippen LogP contribution is -2.37. The second-order valence-electron chi connectivity index (χ2n) is 13.2. The van der Waals surface area contributed by atoms with E-state index in [9.17, 15) is 26.0 Å². The molecule has 17 heteroatoms. The smallest absolute Gasteiger partial charge is 0.430 e.